The summed E-state index contributed by atoms with van der Waals surface area (Å²) in [5.41, 5.74) is 1.33. The topological polar surface area (TPSA) is 97.0 Å². The van der Waals surface area contributed by atoms with Gasteiger partial charge in [0.05, 0.1) is 17.5 Å². The van der Waals surface area contributed by atoms with Crippen LogP contribution in [0.15, 0.2) is 48.5 Å². The van der Waals surface area contributed by atoms with E-state index >= 15 is 0 Å². The number of ether oxygens (including phenoxy) is 2. The van der Waals surface area contributed by atoms with E-state index in [0.717, 1.165) is 30.5 Å². The van der Waals surface area contributed by atoms with Crippen LogP contribution in [-0.2, 0) is 26.1 Å². The molecule has 1 atom stereocenters. The predicted molar refractivity (Wildman–Crippen MR) is 116 cm³/mol. The van der Waals surface area contributed by atoms with Gasteiger partial charge in [0.1, 0.15) is 5.75 Å². The van der Waals surface area contributed by atoms with Crippen molar-refractivity contribution in [3.63, 3.8) is 0 Å². The molecule has 0 aromatic heterocycles. The number of carbonyl (C=O) groups is 1. The first-order valence-electron chi connectivity index (χ1n) is 9.55. The third-order valence-electron chi connectivity index (χ3n) is 5.09. The average Bonchev–Trinajstić information content (AvgIpc) is 2.68. The zero-order chi connectivity index (χ0) is 21.8. The lowest BCUT2D eigenvalue weighted by Gasteiger charge is -2.49. The third-order valence-corrected chi connectivity index (χ3v) is 5.70. The van der Waals surface area contributed by atoms with E-state index in [0.29, 0.717) is 17.9 Å². The molecule has 1 aliphatic heterocycles. The number of nitrogens with one attached hydrogen (secondary N) is 2. The van der Waals surface area contributed by atoms with Crippen molar-refractivity contribution in [3.8, 4) is 5.75 Å². The van der Waals surface area contributed by atoms with Crippen molar-refractivity contribution in [1.29, 1.82) is 0 Å². The number of anilines is 2. The van der Waals surface area contributed by atoms with Crippen LogP contribution in [0.2, 0.25) is 0 Å². The fraction of sp³-hybridized carbons (Fsp3) is 0.381. The molecule has 0 bridgehead atoms. The first-order valence-corrected chi connectivity index (χ1v) is 11.4. The monoisotopic (exact) mass is 433 g/mol. The lowest BCUT2D eigenvalue weighted by molar-refractivity contribution is -0.136. The molecule has 2 aromatic rings. The van der Waals surface area contributed by atoms with Gasteiger partial charge in [0.25, 0.3) is 0 Å². The molecule has 2 N–H and O–H groups in total. The Morgan fingerprint density at radius 1 is 1.17 bits per heavy atom. The van der Waals surface area contributed by atoms with Crippen LogP contribution < -0.4 is 14.8 Å². The number of hydrogen-bond acceptors (Lipinski definition) is 6. The van der Waals surface area contributed by atoms with Crippen molar-refractivity contribution in [1.82, 2.24) is 4.90 Å². The van der Waals surface area contributed by atoms with E-state index in [4.69, 9.17) is 9.47 Å². The normalized spacial score (nSPS) is 19.0. The van der Waals surface area contributed by atoms with Crippen molar-refractivity contribution >= 4 is 27.3 Å². The van der Waals surface area contributed by atoms with E-state index < -0.39 is 15.6 Å². The lowest BCUT2D eigenvalue weighted by atomic mass is 9.85. The molecule has 1 unspecified atom stereocenters. The van der Waals surface area contributed by atoms with E-state index in [-0.39, 0.29) is 12.7 Å². The number of nitrogens with zero attached hydrogens (tertiary/aromatic N) is 1. The van der Waals surface area contributed by atoms with Gasteiger partial charge in [-0.3, -0.25) is 14.4 Å². The lowest BCUT2D eigenvalue weighted by Crippen LogP contribution is -2.63. The van der Waals surface area contributed by atoms with Crippen LogP contribution in [0.5, 0.6) is 5.75 Å². The largest absolute Gasteiger partial charge is 0.468 e. The van der Waals surface area contributed by atoms with E-state index in [1.165, 1.54) is 0 Å². The number of hydrogen-bond donors (Lipinski definition) is 2. The highest BCUT2D eigenvalue weighted by Crippen LogP contribution is 2.34. The summed E-state index contributed by atoms with van der Waals surface area (Å²) in [5, 5.41) is 2.91. The summed E-state index contributed by atoms with van der Waals surface area (Å²) < 4.78 is 35.7. The molecule has 0 radical (unpaired) electrons. The second-order valence-corrected chi connectivity index (χ2v) is 9.30. The summed E-state index contributed by atoms with van der Waals surface area (Å²) in [6.07, 6.45) is 1.82. The minimum absolute atomic E-state index is 0.128. The Labute approximate surface area is 177 Å². The van der Waals surface area contributed by atoms with Crippen LogP contribution in [0.25, 0.3) is 0 Å². The van der Waals surface area contributed by atoms with Crippen molar-refractivity contribution in [2.24, 2.45) is 0 Å². The van der Waals surface area contributed by atoms with E-state index in [1.54, 1.807) is 31.4 Å². The van der Waals surface area contributed by atoms with Gasteiger partial charge in [0.2, 0.25) is 15.9 Å². The molecule has 0 saturated carbocycles. The van der Waals surface area contributed by atoms with Crippen LogP contribution in [0.1, 0.15) is 18.9 Å². The summed E-state index contributed by atoms with van der Waals surface area (Å²) in [4.78, 5) is 15.1. The first-order chi connectivity index (χ1) is 14.2. The minimum Gasteiger partial charge on any atom is -0.468 e. The Hall–Kier alpha value is -2.62. The minimum atomic E-state index is -3.39. The predicted octanol–water partition coefficient (Wildman–Crippen LogP) is 2.64. The van der Waals surface area contributed by atoms with Gasteiger partial charge in [0.15, 0.2) is 6.79 Å². The Bertz CT molecular complexity index is 1010. The second kappa shape index (κ2) is 9.03. The Morgan fingerprint density at radius 3 is 2.57 bits per heavy atom. The summed E-state index contributed by atoms with van der Waals surface area (Å²) in [5.74, 6) is 0.591. The van der Waals surface area contributed by atoms with Crippen LogP contribution in [-0.4, -0.2) is 51.5 Å². The van der Waals surface area contributed by atoms with E-state index in [9.17, 15) is 13.2 Å². The number of amides is 1. The molecule has 8 nitrogen and oxygen atoms in total. The maximum atomic E-state index is 13.0. The highest BCUT2D eigenvalue weighted by molar-refractivity contribution is 7.92. The van der Waals surface area contributed by atoms with Gasteiger partial charge in [-0.1, -0.05) is 18.2 Å². The molecule has 162 valence electrons. The maximum Gasteiger partial charge on any atom is 0.244 e. The molecule has 9 heteroatoms. The molecule has 1 aliphatic rings. The van der Waals surface area contributed by atoms with Crippen molar-refractivity contribution in [3.05, 3.63) is 54.1 Å². The van der Waals surface area contributed by atoms with Crippen LogP contribution in [0, 0.1) is 0 Å². The molecule has 30 heavy (non-hydrogen) atoms. The highest BCUT2D eigenvalue weighted by Gasteiger charge is 2.46. The quantitative estimate of drug-likeness (QED) is 0.590. The van der Waals surface area contributed by atoms with Crippen LogP contribution >= 0.6 is 0 Å². The number of sulfonamides is 1. The number of carbonyl (C=O) groups excluding carboxylic acids is 1. The molecule has 3 rings (SSSR count). The zero-order valence-electron chi connectivity index (χ0n) is 17.3. The average molecular weight is 434 g/mol. The van der Waals surface area contributed by atoms with E-state index in [1.807, 2.05) is 31.2 Å². The third kappa shape index (κ3) is 5.50. The highest BCUT2D eigenvalue weighted by atomic mass is 32.2. The molecule has 1 amide bonds. The molecule has 2 aromatic carbocycles. The van der Waals surface area contributed by atoms with Gasteiger partial charge in [0, 0.05) is 25.9 Å². The fourth-order valence-electron chi connectivity index (χ4n) is 3.34. The Morgan fingerprint density at radius 2 is 1.90 bits per heavy atom. The van der Waals surface area contributed by atoms with Crippen molar-refractivity contribution in [2.75, 3.05) is 36.7 Å². The number of likely N-dealkylation sites (tertiary alicyclic amines) is 1. The zero-order valence-corrected chi connectivity index (χ0v) is 18.2. The maximum absolute atomic E-state index is 13.0. The number of methoxy groups -OCH3 is 1. The van der Waals surface area contributed by atoms with Crippen molar-refractivity contribution in [2.45, 2.75) is 25.4 Å². The van der Waals surface area contributed by atoms with E-state index in [2.05, 4.69) is 14.9 Å². The fourth-order valence-corrected chi connectivity index (χ4v) is 3.89. The summed E-state index contributed by atoms with van der Waals surface area (Å²) in [6.45, 7) is 3.52. The summed E-state index contributed by atoms with van der Waals surface area (Å²) in [7, 11) is -1.82. The number of benzene rings is 2. The molecule has 1 saturated heterocycles. The first kappa shape index (κ1) is 22.1. The second-order valence-electron chi connectivity index (χ2n) is 7.55. The molecule has 0 aliphatic carbocycles. The van der Waals surface area contributed by atoms with Crippen molar-refractivity contribution < 1.29 is 22.7 Å². The molecular formula is C21H27N3O5S. The van der Waals surface area contributed by atoms with Gasteiger partial charge in [-0.25, -0.2) is 8.42 Å². The van der Waals surface area contributed by atoms with Gasteiger partial charge in [-0.2, -0.15) is 0 Å². The summed E-state index contributed by atoms with van der Waals surface area (Å²) in [6, 6.07) is 14.4. The number of rotatable bonds is 9. The smallest absolute Gasteiger partial charge is 0.244 e. The molecule has 1 fully saturated rings. The van der Waals surface area contributed by atoms with Crippen LogP contribution in [0.4, 0.5) is 11.4 Å². The van der Waals surface area contributed by atoms with Gasteiger partial charge < -0.3 is 14.8 Å². The summed E-state index contributed by atoms with van der Waals surface area (Å²) >= 11 is 0. The van der Waals surface area contributed by atoms with Crippen LogP contribution in [0.3, 0.4) is 0 Å². The molecule has 1 heterocycles. The van der Waals surface area contributed by atoms with Gasteiger partial charge in [-0.15, -0.1) is 0 Å². The molecular weight excluding hydrogens is 406 g/mol. The van der Waals surface area contributed by atoms with Gasteiger partial charge in [-0.05, 0) is 49.2 Å². The SMILES string of the molecule is COCOc1cccc(CN2CCC2(C)C(=O)Nc2cccc(NS(C)(=O)=O)c2)c1. The van der Waals surface area contributed by atoms with Gasteiger partial charge >= 0.3 is 0 Å². The molecule has 0 spiro atoms. The Kier molecular flexibility index (Phi) is 6.64. The Balaban J connectivity index is 1.66. The standard InChI is InChI=1S/C21H27N3O5S/c1-21(20(25)22-17-7-5-8-18(13-17)23-30(3,26)27)10-11-24(21)14-16-6-4-9-19(12-16)29-15-28-2/h4-9,12-13,23H,10-11,14-15H2,1-3H3,(H,22,25).